The van der Waals surface area contributed by atoms with Crippen molar-refractivity contribution < 1.29 is 14.3 Å². The normalized spacial score (nSPS) is 34.2. The molecule has 3 aliphatic rings. The van der Waals surface area contributed by atoms with Gasteiger partial charge in [-0.1, -0.05) is 0 Å². The number of fused-ring (bicyclic) bond motifs is 3. The van der Waals surface area contributed by atoms with Crippen molar-refractivity contribution in [2.24, 2.45) is 5.92 Å². The van der Waals surface area contributed by atoms with Crippen LogP contribution in [0, 0.1) is 5.92 Å². The molecule has 0 aromatic heterocycles. The average molecular weight is 324 g/mol. The SMILES string of the molecule is CCN1C(=O)C2CCNN2C2CCC(C(=O)NCCOC)CC21. The molecular weight excluding hydrogens is 296 g/mol. The molecule has 4 atom stereocenters. The van der Waals surface area contributed by atoms with Crippen molar-refractivity contribution in [1.82, 2.24) is 20.7 Å². The highest BCUT2D eigenvalue weighted by Gasteiger charge is 2.50. The Morgan fingerprint density at radius 3 is 2.91 bits per heavy atom. The fourth-order valence-corrected chi connectivity index (χ4v) is 4.36. The summed E-state index contributed by atoms with van der Waals surface area (Å²) in [6.07, 6.45) is 3.49. The number of hydrogen-bond acceptors (Lipinski definition) is 5. The quantitative estimate of drug-likeness (QED) is 0.681. The lowest BCUT2D eigenvalue weighted by molar-refractivity contribution is -0.155. The number of likely N-dealkylation sites (N-methyl/N-ethyl adjacent to an activating group) is 1. The molecular formula is C16H28N4O3. The van der Waals surface area contributed by atoms with Gasteiger partial charge in [0.2, 0.25) is 11.8 Å². The third-order valence-corrected chi connectivity index (χ3v) is 5.47. The van der Waals surface area contributed by atoms with E-state index in [1.807, 2.05) is 11.8 Å². The van der Waals surface area contributed by atoms with Crippen molar-refractivity contribution in [2.45, 2.75) is 50.7 Å². The topological polar surface area (TPSA) is 73.9 Å². The summed E-state index contributed by atoms with van der Waals surface area (Å²) in [7, 11) is 1.63. The van der Waals surface area contributed by atoms with Gasteiger partial charge in [0.15, 0.2) is 0 Å². The van der Waals surface area contributed by atoms with Crippen LogP contribution in [0.15, 0.2) is 0 Å². The first-order valence-corrected chi connectivity index (χ1v) is 8.76. The van der Waals surface area contributed by atoms with Gasteiger partial charge in [0.1, 0.15) is 6.04 Å². The lowest BCUT2D eigenvalue weighted by Gasteiger charge is -2.51. The minimum Gasteiger partial charge on any atom is -0.383 e. The molecule has 1 aliphatic carbocycles. The maximum Gasteiger partial charge on any atom is 0.241 e. The molecule has 0 radical (unpaired) electrons. The monoisotopic (exact) mass is 324 g/mol. The summed E-state index contributed by atoms with van der Waals surface area (Å²) in [6.45, 7) is 4.71. The number of ether oxygens (including phenoxy) is 1. The van der Waals surface area contributed by atoms with Crippen LogP contribution in [0.5, 0.6) is 0 Å². The van der Waals surface area contributed by atoms with Gasteiger partial charge in [-0.15, -0.1) is 0 Å². The van der Waals surface area contributed by atoms with E-state index < -0.39 is 0 Å². The van der Waals surface area contributed by atoms with E-state index in [4.69, 9.17) is 4.74 Å². The van der Waals surface area contributed by atoms with E-state index in [2.05, 4.69) is 15.8 Å². The maximum absolute atomic E-state index is 12.7. The molecule has 3 rings (SSSR count). The summed E-state index contributed by atoms with van der Waals surface area (Å²) < 4.78 is 4.98. The van der Waals surface area contributed by atoms with Crippen molar-refractivity contribution in [3.63, 3.8) is 0 Å². The Morgan fingerprint density at radius 2 is 2.17 bits per heavy atom. The summed E-state index contributed by atoms with van der Waals surface area (Å²) in [4.78, 5) is 27.1. The van der Waals surface area contributed by atoms with Crippen molar-refractivity contribution in [1.29, 1.82) is 0 Å². The molecule has 7 heteroatoms. The Balaban J connectivity index is 1.68. The highest BCUT2D eigenvalue weighted by Crippen LogP contribution is 2.37. The predicted octanol–water partition coefficient (Wildman–Crippen LogP) is -0.273. The van der Waals surface area contributed by atoms with Crippen LogP contribution in [0.4, 0.5) is 0 Å². The number of amides is 2. The van der Waals surface area contributed by atoms with Gasteiger partial charge in [-0.2, -0.15) is 0 Å². The van der Waals surface area contributed by atoms with Gasteiger partial charge in [-0.3, -0.25) is 15.0 Å². The summed E-state index contributed by atoms with van der Waals surface area (Å²) in [5.74, 6) is 0.314. The zero-order chi connectivity index (χ0) is 16.4. The van der Waals surface area contributed by atoms with Crippen LogP contribution in [0.25, 0.3) is 0 Å². The lowest BCUT2D eigenvalue weighted by atomic mass is 9.78. The third-order valence-electron chi connectivity index (χ3n) is 5.47. The van der Waals surface area contributed by atoms with Crippen LogP contribution in [0.1, 0.15) is 32.6 Å². The molecule has 2 aliphatic heterocycles. The highest BCUT2D eigenvalue weighted by molar-refractivity contribution is 5.84. The fourth-order valence-electron chi connectivity index (χ4n) is 4.36. The average Bonchev–Trinajstić information content (AvgIpc) is 3.05. The van der Waals surface area contributed by atoms with Gasteiger partial charge in [0.05, 0.1) is 6.61 Å². The van der Waals surface area contributed by atoms with E-state index in [-0.39, 0.29) is 29.8 Å². The number of hydrazine groups is 1. The molecule has 2 heterocycles. The van der Waals surface area contributed by atoms with Gasteiger partial charge in [0, 0.05) is 44.7 Å². The molecule has 2 N–H and O–H groups in total. The van der Waals surface area contributed by atoms with Gasteiger partial charge >= 0.3 is 0 Å². The largest absolute Gasteiger partial charge is 0.383 e. The molecule has 3 fully saturated rings. The number of nitrogens with one attached hydrogen (secondary N) is 2. The Hall–Kier alpha value is -1.18. The third kappa shape index (κ3) is 3.09. The van der Waals surface area contributed by atoms with Crippen LogP contribution in [0.3, 0.4) is 0 Å². The second-order valence-corrected chi connectivity index (χ2v) is 6.67. The summed E-state index contributed by atoms with van der Waals surface area (Å²) in [5.41, 5.74) is 3.39. The van der Waals surface area contributed by atoms with Gasteiger partial charge in [-0.25, -0.2) is 5.01 Å². The predicted molar refractivity (Wildman–Crippen MR) is 85.4 cm³/mol. The van der Waals surface area contributed by atoms with Gasteiger partial charge < -0.3 is 15.0 Å². The first-order chi connectivity index (χ1) is 11.2. The van der Waals surface area contributed by atoms with Gasteiger partial charge in [-0.05, 0) is 32.6 Å². The molecule has 2 saturated heterocycles. The van der Waals surface area contributed by atoms with Gasteiger partial charge in [0.25, 0.3) is 0 Å². The number of carbonyl (C=O) groups excluding carboxylic acids is 2. The molecule has 130 valence electrons. The standard InChI is InChI=1S/C16H28N4O3/c1-3-19-14-10-11(15(21)17-8-9-23-2)4-5-12(14)20-13(16(19)22)6-7-18-20/h11-14,18H,3-10H2,1-2H3,(H,17,21). The number of methoxy groups -OCH3 is 1. The second kappa shape index (κ2) is 7.15. The summed E-state index contributed by atoms with van der Waals surface area (Å²) >= 11 is 0. The number of hydrogen-bond donors (Lipinski definition) is 2. The van der Waals surface area contributed by atoms with E-state index in [0.29, 0.717) is 19.2 Å². The zero-order valence-corrected chi connectivity index (χ0v) is 14.1. The molecule has 2 amide bonds. The second-order valence-electron chi connectivity index (χ2n) is 6.67. The fraction of sp³-hybridized carbons (Fsp3) is 0.875. The van der Waals surface area contributed by atoms with Crippen molar-refractivity contribution in [2.75, 3.05) is 33.4 Å². The molecule has 0 bridgehead atoms. The Kier molecular flexibility index (Phi) is 5.18. The van der Waals surface area contributed by atoms with Crippen LogP contribution in [-0.2, 0) is 14.3 Å². The van der Waals surface area contributed by atoms with Crippen LogP contribution < -0.4 is 10.7 Å². The van der Waals surface area contributed by atoms with E-state index in [1.165, 1.54) is 0 Å². The maximum atomic E-state index is 12.7. The number of nitrogens with zero attached hydrogens (tertiary/aromatic N) is 2. The molecule has 0 aromatic rings. The van der Waals surface area contributed by atoms with Crippen LogP contribution >= 0.6 is 0 Å². The van der Waals surface area contributed by atoms with E-state index >= 15 is 0 Å². The van der Waals surface area contributed by atoms with Crippen LogP contribution in [0.2, 0.25) is 0 Å². The van der Waals surface area contributed by atoms with Crippen molar-refractivity contribution in [3.8, 4) is 0 Å². The lowest BCUT2D eigenvalue weighted by Crippen LogP contribution is -2.68. The number of carbonyl (C=O) groups is 2. The van der Waals surface area contributed by atoms with Crippen molar-refractivity contribution >= 4 is 11.8 Å². The van der Waals surface area contributed by atoms with Crippen LogP contribution in [-0.4, -0.2) is 73.2 Å². The summed E-state index contributed by atoms with van der Waals surface area (Å²) in [5, 5.41) is 5.12. The Labute approximate surface area is 137 Å². The Morgan fingerprint density at radius 1 is 1.35 bits per heavy atom. The molecule has 7 nitrogen and oxygen atoms in total. The molecule has 1 saturated carbocycles. The molecule has 4 unspecified atom stereocenters. The number of rotatable bonds is 5. The highest BCUT2D eigenvalue weighted by atomic mass is 16.5. The minimum atomic E-state index is -0.0109. The van der Waals surface area contributed by atoms with Crippen molar-refractivity contribution in [3.05, 3.63) is 0 Å². The van der Waals surface area contributed by atoms with E-state index in [9.17, 15) is 9.59 Å². The molecule has 23 heavy (non-hydrogen) atoms. The zero-order valence-electron chi connectivity index (χ0n) is 14.1. The Bertz CT molecular complexity index is 459. The first-order valence-electron chi connectivity index (χ1n) is 8.76. The number of piperazine rings is 1. The minimum absolute atomic E-state index is 0.00545. The molecule has 0 aromatic carbocycles. The first kappa shape index (κ1) is 16.7. The smallest absolute Gasteiger partial charge is 0.241 e. The summed E-state index contributed by atoms with van der Waals surface area (Å²) in [6, 6.07) is 0.465. The molecule has 0 spiro atoms. The van der Waals surface area contributed by atoms with E-state index in [1.54, 1.807) is 7.11 Å². The van der Waals surface area contributed by atoms with E-state index in [0.717, 1.165) is 38.8 Å².